The maximum atomic E-state index is 12.2. The number of para-hydroxylation sites is 1. The lowest BCUT2D eigenvalue weighted by Gasteiger charge is -2.52. The van der Waals surface area contributed by atoms with E-state index in [-0.39, 0.29) is 11.4 Å². The third-order valence-electron chi connectivity index (χ3n) is 6.22. The zero-order valence-electron chi connectivity index (χ0n) is 14.8. The summed E-state index contributed by atoms with van der Waals surface area (Å²) in [6.07, 6.45) is 7.34. The molecule has 1 saturated carbocycles. The Labute approximate surface area is 145 Å². The van der Waals surface area contributed by atoms with Crippen molar-refractivity contribution in [2.24, 2.45) is 0 Å². The third-order valence-corrected chi connectivity index (χ3v) is 6.22. The highest BCUT2D eigenvalue weighted by atomic mass is 16.2. The molecule has 1 N–H and O–H groups in total. The molecular weight excluding hydrogens is 298 g/mol. The van der Waals surface area contributed by atoms with Crippen molar-refractivity contribution < 1.29 is 4.79 Å². The summed E-state index contributed by atoms with van der Waals surface area (Å²) in [5.74, 6) is 0.263. The molecule has 0 aromatic heterocycles. The fraction of sp³-hybridized carbons (Fsp3) is 0.650. The van der Waals surface area contributed by atoms with Gasteiger partial charge < -0.3 is 10.2 Å². The number of fused-ring (bicyclic) bond motifs is 1. The van der Waals surface area contributed by atoms with Crippen LogP contribution in [0, 0.1) is 0 Å². The van der Waals surface area contributed by atoms with Crippen LogP contribution in [0.15, 0.2) is 18.2 Å². The summed E-state index contributed by atoms with van der Waals surface area (Å²) >= 11 is 0. The number of anilines is 1. The van der Waals surface area contributed by atoms with Crippen molar-refractivity contribution in [1.82, 2.24) is 9.80 Å². The molecule has 1 saturated heterocycles. The summed E-state index contributed by atoms with van der Waals surface area (Å²) in [4.78, 5) is 17.0. The molecule has 4 rings (SSSR count). The second-order valence-corrected chi connectivity index (χ2v) is 7.79. The zero-order chi connectivity index (χ0) is 16.6. The van der Waals surface area contributed by atoms with Crippen LogP contribution in [0.4, 0.5) is 5.69 Å². The Balaban J connectivity index is 1.53. The number of benzene rings is 1. The summed E-state index contributed by atoms with van der Waals surface area (Å²) < 4.78 is 0. The first-order valence-corrected chi connectivity index (χ1v) is 9.53. The Morgan fingerprint density at radius 3 is 2.83 bits per heavy atom. The molecule has 2 aliphatic heterocycles. The number of nitrogens with one attached hydrogen (secondary N) is 1. The van der Waals surface area contributed by atoms with Gasteiger partial charge in [-0.3, -0.25) is 9.69 Å². The number of amides is 1. The van der Waals surface area contributed by atoms with Gasteiger partial charge in [-0.05, 0) is 30.4 Å². The van der Waals surface area contributed by atoms with Crippen LogP contribution in [0.5, 0.6) is 0 Å². The quantitative estimate of drug-likeness (QED) is 0.907. The lowest BCUT2D eigenvalue weighted by atomic mass is 9.78. The first-order chi connectivity index (χ1) is 11.7. The first kappa shape index (κ1) is 15.9. The molecule has 2 heterocycles. The van der Waals surface area contributed by atoms with Crippen LogP contribution in [0.2, 0.25) is 0 Å². The van der Waals surface area contributed by atoms with E-state index in [0.29, 0.717) is 0 Å². The fourth-order valence-electron chi connectivity index (χ4n) is 5.11. The van der Waals surface area contributed by atoms with E-state index in [1.54, 1.807) is 6.92 Å². The topological polar surface area (TPSA) is 35.6 Å². The van der Waals surface area contributed by atoms with Gasteiger partial charge in [-0.25, -0.2) is 0 Å². The standard InChI is InChI=1S/C20H29N3O/c1-16(24)23-13-12-22(15-20(23)9-3-2-4-10-20)14-18-7-5-6-17-8-11-21-19(17)18/h5-7,21H,2-4,8-15H2,1H3. The van der Waals surface area contributed by atoms with E-state index in [0.717, 1.165) is 39.1 Å². The van der Waals surface area contributed by atoms with Crippen LogP contribution in [0.1, 0.15) is 50.2 Å². The molecule has 1 spiro atoms. The summed E-state index contributed by atoms with van der Waals surface area (Å²) in [7, 11) is 0. The zero-order valence-corrected chi connectivity index (χ0v) is 14.8. The highest BCUT2D eigenvalue weighted by Crippen LogP contribution is 2.37. The van der Waals surface area contributed by atoms with Gasteiger partial charge in [0.1, 0.15) is 0 Å². The van der Waals surface area contributed by atoms with E-state index >= 15 is 0 Å². The highest BCUT2D eigenvalue weighted by Gasteiger charge is 2.43. The highest BCUT2D eigenvalue weighted by molar-refractivity contribution is 5.74. The summed E-state index contributed by atoms with van der Waals surface area (Å²) in [5, 5.41) is 3.57. The van der Waals surface area contributed by atoms with Gasteiger partial charge in [0.15, 0.2) is 0 Å². The van der Waals surface area contributed by atoms with E-state index in [2.05, 4.69) is 33.3 Å². The molecule has 2 fully saturated rings. The monoisotopic (exact) mass is 327 g/mol. The van der Waals surface area contributed by atoms with Gasteiger partial charge in [0.2, 0.25) is 5.91 Å². The molecule has 0 bridgehead atoms. The number of carbonyl (C=O) groups is 1. The molecule has 4 heteroatoms. The number of nitrogens with zero attached hydrogens (tertiary/aromatic N) is 2. The molecule has 1 aliphatic carbocycles. The molecule has 130 valence electrons. The smallest absolute Gasteiger partial charge is 0.219 e. The summed E-state index contributed by atoms with van der Waals surface area (Å²) in [6, 6.07) is 6.71. The second-order valence-electron chi connectivity index (χ2n) is 7.79. The van der Waals surface area contributed by atoms with Gasteiger partial charge in [-0.2, -0.15) is 0 Å². The summed E-state index contributed by atoms with van der Waals surface area (Å²) in [5.41, 5.74) is 4.34. The second kappa shape index (κ2) is 6.40. The van der Waals surface area contributed by atoms with Gasteiger partial charge in [0.05, 0.1) is 5.54 Å². The molecular formula is C20H29N3O. The van der Waals surface area contributed by atoms with Crippen molar-refractivity contribution in [3.63, 3.8) is 0 Å². The van der Waals surface area contributed by atoms with Gasteiger partial charge in [-0.15, -0.1) is 0 Å². The molecule has 3 aliphatic rings. The maximum absolute atomic E-state index is 12.2. The first-order valence-electron chi connectivity index (χ1n) is 9.53. The molecule has 4 nitrogen and oxygen atoms in total. The minimum absolute atomic E-state index is 0.0910. The Kier molecular flexibility index (Phi) is 4.25. The van der Waals surface area contributed by atoms with Crippen molar-refractivity contribution in [1.29, 1.82) is 0 Å². The third kappa shape index (κ3) is 2.81. The SMILES string of the molecule is CC(=O)N1CCN(Cc2cccc3c2NCC3)CC12CCCCC2. The van der Waals surface area contributed by atoms with Crippen molar-refractivity contribution in [3.8, 4) is 0 Å². The molecule has 0 atom stereocenters. The number of piperazine rings is 1. The Hall–Kier alpha value is -1.55. The minimum atomic E-state index is 0.0910. The van der Waals surface area contributed by atoms with Crippen LogP contribution in [-0.4, -0.2) is 47.4 Å². The van der Waals surface area contributed by atoms with Crippen LogP contribution in [0.25, 0.3) is 0 Å². The maximum Gasteiger partial charge on any atom is 0.219 e. The van der Waals surface area contributed by atoms with E-state index in [4.69, 9.17) is 0 Å². The lowest BCUT2D eigenvalue weighted by Crippen LogP contribution is -2.63. The lowest BCUT2D eigenvalue weighted by molar-refractivity contribution is -0.142. The number of hydrogen-bond donors (Lipinski definition) is 1. The molecule has 1 aromatic rings. The van der Waals surface area contributed by atoms with Crippen molar-refractivity contribution in [2.75, 3.05) is 31.5 Å². The fourth-order valence-corrected chi connectivity index (χ4v) is 5.11. The normalized spacial score (nSPS) is 23.1. The van der Waals surface area contributed by atoms with E-state index in [1.165, 1.54) is 48.9 Å². The predicted molar refractivity (Wildman–Crippen MR) is 97.1 cm³/mol. The van der Waals surface area contributed by atoms with Gasteiger partial charge >= 0.3 is 0 Å². The summed E-state index contributed by atoms with van der Waals surface area (Å²) in [6.45, 7) is 6.73. The molecule has 0 radical (unpaired) electrons. The van der Waals surface area contributed by atoms with Crippen molar-refractivity contribution in [3.05, 3.63) is 29.3 Å². The van der Waals surface area contributed by atoms with Crippen molar-refractivity contribution >= 4 is 11.6 Å². The predicted octanol–water partition coefficient (Wildman–Crippen LogP) is 3.02. The number of carbonyl (C=O) groups excluding carboxylic acids is 1. The molecule has 24 heavy (non-hydrogen) atoms. The molecule has 1 amide bonds. The average Bonchev–Trinajstić information content (AvgIpc) is 3.05. The van der Waals surface area contributed by atoms with Crippen LogP contribution < -0.4 is 5.32 Å². The Morgan fingerprint density at radius 2 is 2.04 bits per heavy atom. The Morgan fingerprint density at radius 1 is 1.21 bits per heavy atom. The number of hydrogen-bond acceptors (Lipinski definition) is 3. The Bertz CT molecular complexity index is 621. The number of rotatable bonds is 2. The van der Waals surface area contributed by atoms with Crippen LogP contribution >= 0.6 is 0 Å². The molecule has 0 unspecified atom stereocenters. The van der Waals surface area contributed by atoms with Crippen LogP contribution in [-0.2, 0) is 17.8 Å². The minimum Gasteiger partial charge on any atom is -0.384 e. The van der Waals surface area contributed by atoms with E-state index < -0.39 is 0 Å². The van der Waals surface area contributed by atoms with Gasteiger partial charge in [0, 0.05) is 45.3 Å². The van der Waals surface area contributed by atoms with E-state index in [9.17, 15) is 4.79 Å². The van der Waals surface area contributed by atoms with Crippen molar-refractivity contribution in [2.45, 2.75) is 57.5 Å². The molecule has 1 aromatic carbocycles. The van der Waals surface area contributed by atoms with Gasteiger partial charge in [0.25, 0.3) is 0 Å². The van der Waals surface area contributed by atoms with Crippen LogP contribution in [0.3, 0.4) is 0 Å². The largest absolute Gasteiger partial charge is 0.384 e. The average molecular weight is 327 g/mol. The van der Waals surface area contributed by atoms with E-state index in [1.807, 2.05) is 0 Å². The van der Waals surface area contributed by atoms with Gasteiger partial charge in [-0.1, -0.05) is 37.5 Å².